The van der Waals surface area contributed by atoms with E-state index in [2.05, 4.69) is 20.7 Å². The average Bonchev–Trinajstić information content (AvgIpc) is 3.64. The zero-order chi connectivity index (χ0) is 32.0. The fourth-order valence-electron chi connectivity index (χ4n) is 5.71. The lowest BCUT2D eigenvalue weighted by Gasteiger charge is -2.26. The Morgan fingerprint density at radius 2 is 1.89 bits per heavy atom. The summed E-state index contributed by atoms with van der Waals surface area (Å²) in [5.74, 6) is -0.812. The molecule has 0 saturated carbocycles. The van der Waals surface area contributed by atoms with Gasteiger partial charge in [-0.3, -0.25) is 14.4 Å². The zero-order valence-electron chi connectivity index (χ0n) is 25.8. The number of carbonyl (C=O) groups excluding carboxylic acids is 4. The number of aromatic nitrogens is 3. The van der Waals surface area contributed by atoms with E-state index < -0.39 is 17.4 Å². The van der Waals surface area contributed by atoms with Gasteiger partial charge in [0.25, 0.3) is 17.7 Å². The number of hydrogen-bond acceptors (Lipinski definition) is 8. The Balaban J connectivity index is 1.19. The van der Waals surface area contributed by atoms with Crippen LogP contribution in [0.2, 0.25) is 0 Å². The van der Waals surface area contributed by atoms with Crippen molar-refractivity contribution in [3.63, 3.8) is 0 Å². The van der Waals surface area contributed by atoms with Crippen LogP contribution in [0.15, 0.2) is 48.7 Å². The van der Waals surface area contributed by atoms with Crippen LogP contribution in [0.1, 0.15) is 86.8 Å². The highest BCUT2D eigenvalue weighted by Crippen LogP contribution is 2.35. The SMILES string of the molecule is Cc1c(C(=O)OC(C)(C)C)ccc2c1CC[C@@H]2NC(=O)c1cc(C(=O)NCc2ccc3c(c2)N(C)C(=O)CO3)nc2ccnn12. The monoisotopic (exact) mass is 610 g/mol. The Labute approximate surface area is 259 Å². The maximum Gasteiger partial charge on any atom is 0.338 e. The number of esters is 1. The van der Waals surface area contributed by atoms with Gasteiger partial charge in [-0.1, -0.05) is 12.1 Å². The van der Waals surface area contributed by atoms with E-state index in [0.717, 1.165) is 22.3 Å². The molecule has 2 aliphatic rings. The highest BCUT2D eigenvalue weighted by atomic mass is 16.6. The molecule has 4 aromatic rings. The number of fused-ring (bicyclic) bond motifs is 3. The molecule has 0 radical (unpaired) electrons. The van der Waals surface area contributed by atoms with Gasteiger partial charge >= 0.3 is 5.97 Å². The fraction of sp³-hybridized carbons (Fsp3) is 0.333. The van der Waals surface area contributed by atoms with Crippen LogP contribution in [-0.2, 0) is 22.5 Å². The van der Waals surface area contributed by atoms with Crippen molar-refractivity contribution in [3.05, 3.63) is 87.9 Å². The van der Waals surface area contributed by atoms with Crippen molar-refractivity contribution in [3.8, 4) is 5.75 Å². The second kappa shape index (κ2) is 11.3. The molecule has 0 fully saturated rings. The molecule has 2 N–H and O–H groups in total. The summed E-state index contributed by atoms with van der Waals surface area (Å²) in [7, 11) is 1.68. The molecule has 0 unspecified atom stereocenters. The van der Waals surface area contributed by atoms with E-state index in [1.807, 2.05) is 39.8 Å². The van der Waals surface area contributed by atoms with Gasteiger partial charge in [-0.15, -0.1) is 0 Å². The summed E-state index contributed by atoms with van der Waals surface area (Å²) < 4.78 is 12.4. The minimum Gasteiger partial charge on any atom is -0.482 e. The number of likely N-dealkylation sites (N-methyl/N-ethyl adjacent to an activating group) is 1. The number of nitrogens with zero attached hydrogens (tertiary/aromatic N) is 4. The van der Waals surface area contributed by atoms with Gasteiger partial charge in [0.15, 0.2) is 12.3 Å². The Morgan fingerprint density at radius 3 is 2.67 bits per heavy atom. The number of nitrogens with one attached hydrogen (secondary N) is 2. The highest BCUT2D eigenvalue weighted by molar-refractivity contribution is 5.99. The summed E-state index contributed by atoms with van der Waals surface area (Å²) in [5, 5.41) is 10.2. The molecule has 6 rings (SSSR count). The average molecular weight is 611 g/mol. The number of carbonyl (C=O) groups is 4. The Kier molecular flexibility index (Phi) is 7.51. The molecule has 232 valence electrons. The third-order valence-corrected chi connectivity index (χ3v) is 8.00. The maximum atomic E-state index is 13.6. The molecule has 0 spiro atoms. The van der Waals surface area contributed by atoms with Crippen molar-refractivity contribution in [1.29, 1.82) is 0 Å². The fourth-order valence-corrected chi connectivity index (χ4v) is 5.71. The molecule has 1 atom stereocenters. The standard InChI is InChI=1S/C33H34N6O6/c1-18-20-9-10-23(22(20)8-7-21(18)32(43)45-33(2,3)4)37-31(42)26-15-24(36-28-12-13-35-39(26)28)30(41)34-16-19-6-11-27-25(14-19)38(5)29(40)17-44-27/h6-8,11-15,23H,9-10,16-17H2,1-5H3,(H,34,41)(H,37,42)/t23-/m0/s1. The number of hydrogen-bond donors (Lipinski definition) is 2. The first kappa shape index (κ1) is 29.8. The lowest BCUT2D eigenvalue weighted by atomic mass is 9.97. The number of ether oxygens (including phenoxy) is 2. The summed E-state index contributed by atoms with van der Waals surface area (Å²) in [5.41, 5.74) is 4.69. The van der Waals surface area contributed by atoms with Crippen LogP contribution in [0.4, 0.5) is 5.69 Å². The van der Waals surface area contributed by atoms with Gasteiger partial charge in [-0.05, 0) is 81.0 Å². The van der Waals surface area contributed by atoms with Gasteiger partial charge in [0.05, 0.1) is 23.5 Å². The zero-order valence-corrected chi connectivity index (χ0v) is 25.8. The molecule has 3 amide bonds. The third kappa shape index (κ3) is 5.83. The van der Waals surface area contributed by atoms with Crippen molar-refractivity contribution in [2.24, 2.45) is 0 Å². The van der Waals surface area contributed by atoms with Crippen LogP contribution in [0, 0.1) is 6.92 Å². The summed E-state index contributed by atoms with van der Waals surface area (Å²) in [6, 6.07) is 11.7. The largest absolute Gasteiger partial charge is 0.482 e. The number of anilines is 1. The minimum atomic E-state index is -0.605. The van der Waals surface area contributed by atoms with Crippen molar-refractivity contribution >= 4 is 35.0 Å². The van der Waals surface area contributed by atoms with Gasteiger partial charge in [0, 0.05) is 25.7 Å². The molecule has 3 heterocycles. The van der Waals surface area contributed by atoms with Crippen LogP contribution in [0.25, 0.3) is 5.65 Å². The molecule has 12 heteroatoms. The van der Waals surface area contributed by atoms with Crippen molar-refractivity contribution in [1.82, 2.24) is 25.2 Å². The van der Waals surface area contributed by atoms with Crippen molar-refractivity contribution in [2.75, 3.05) is 18.6 Å². The van der Waals surface area contributed by atoms with Gasteiger partial charge in [0.1, 0.15) is 22.7 Å². The lowest BCUT2D eigenvalue weighted by Crippen LogP contribution is -2.35. The van der Waals surface area contributed by atoms with Gasteiger partial charge in [-0.2, -0.15) is 5.10 Å². The first-order valence-corrected chi connectivity index (χ1v) is 14.7. The van der Waals surface area contributed by atoms with Gasteiger partial charge in [0.2, 0.25) is 0 Å². The van der Waals surface area contributed by atoms with E-state index >= 15 is 0 Å². The first-order chi connectivity index (χ1) is 21.4. The topological polar surface area (TPSA) is 144 Å². The predicted octanol–water partition coefficient (Wildman–Crippen LogP) is 3.70. The second-order valence-electron chi connectivity index (χ2n) is 12.2. The summed E-state index contributed by atoms with van der Waals surface area (Å²) >= 11 is 0. The summed E-state index contributed by atoms with van der Waals surface area (Å²) in [6.07, 6.45) is 2.87. The van der Waals surface area contributed by atoms with Crippen LogP contribution in [0.3, 0.4) is 0 Å². The van der Waals surface area contributed by atoms with E-state index in [-0.39, 0.29) is 42.5 Å². The van der Waals surface area contributed by atoms with Crippen molar-refractivity contribution < 1.29 is 28.7 Å². The molecule has 0 bridgehead atoms. The number of rotatable bonds is 6. The van der Waals surface area contributed by atoms with Crippen LogP contribution in [0.5, 0.6) is 5.75 Å². The smallest absolute Gasteiger partial charge is 0.338 e. The maximum absolute atomic E-state index is 13.6. The normalized spacial score (nSPS) is 15.7. The number of amides is 3. The van der Waals surface area contributed by atoms with Gasteiger partial charge in [-0.25, -0.2) is 14.3 Å². The lowest BCUT2D eigenvalue weighted by molar-refractivity contribution is -0.121. The molecule has 1 aliphatic heterocycles. The highest BCUT2D eigenvalue weighted by Gasteiger charge is 2.30. The molecule has 1 aliphatic carbocycles. The Morgan fingerprint density at radius 1 is 1.09 bits per heavy atom. The molecule has 45 heavy (non-hydrogen) atoms. The number of benzene rings is 2. The quantitative estimate of drug-likeness (QED) is 0.315. The second-order valence-corrected chi connectivity index (χ2v) is 12.2. The van der Waals surface area contributed by atoms with E-state index in [9.17, 15) is 19.2 Å². The molecule has 0 saturated heterocycles. The van der Waals surface area contributed by atoms with Gasteiger partial charge < -0.3 is 25.0 Å². The van der Waals surface area contributed by atoms with E-state index in [1.54, 1.807) is 31.3 Å². The molecular weight excluding hydrogens is 576 g/mol. The molecule has 2 aromatic carbocycles. The van der Waals surface area contributed by atoms with E-state index in [4.69, 9.17) is 9.47 Å². The Bertz CT molecular complexity index is 1870. The first-order valence-electron chi connectivity index (χ1n) is 14.7. The van der Waals surface area contributed by atoms with E-state index in [0.29, 0.717) is 35.5 Å². The van der Waals surface area contributed by atoms with Crippen molar-refractivity contribution in [2.45, 2.75) is 58.7 Å². The molecular formula is C33H34N6O6. The summed E-state index contributed by atoms with van der Waals surface area (Å²) in [4.78, 5) is 57.6. The van der Waals surface area contributed by atoms with E-state index in [1.165, 1.54) is 21.7 Å². The predicted molar refractivity (Wildman–Crippen MR) is 164 cm³/mol. The van der Waals surface area contributed by atoms with Crippen LogP contribution in [-0.4, -0.2) is 57.5 Å². The minimum absolute atomic E-state index is 0.0137. The molecule has 12 nitrogen and oxygen atoms in total. The molecule has 2 aromatic heterocycles. The summed E-state index contributed by atoms with van der Waals surface area (Å²) in [6.45, 7) is 7.55. The van der Waals surface area contributed by atoms with Crippen LogP contribution >= 0.6 is 0 Å². The van der Waals surface area contributed by atoms with Crippen LogP contribution < -0.4 is 20.3 Å². The third-order valence-electron chi connectivity index (χ3n) is 8.00. The Hall–Kier alpha value is -5.26.